The van der Waals surface area contributed by atoms with Crippen LogP contribution in [0.25, 0.3) is 0 Å². The Labute approximate surface area is 120 Å². The van der Waals surface area contributed by atoms with E-state index in [-0.39, 0.29) is 24.3 Å². The highest BCUT2D eigenvalue weighted by molar-refractivity contribution is 9.10. The first-order chi connectivity index (χ1) is 9.04. The van der Waals surface area contributed by atoms with Gasteiger partial charge in [0.15, 0.2) is 18.2 Å². The van der Waals surface area contributed by atoms with Crippen molar-refractivity contribution in [1.82, 2.24) is 5.32 Å². The first-order valence-electron chi connectivity index (χ1n) is 6.42. The smallest absolute Gasteiger partial charge is 0.258 e. The summed E-state index contributed by atoms with van der Waals surface area (Å²) in [4.78, 5) is 11.7. The van der Waals surface area contributed by atoms with E-state index in [1.807, 2.05) is 0 Å². The summed E-state index contributed by atoms with van der Waals surface area (Å²) in [7, 11) is 0. The van der Waals surface area contributed by atoms with Gasteiger partial charge in [-0.15, -0.1) is 0 Å². The molecule has 0 heterocycles. The molecule has 5 heteroatoms. The van der Waals surface area contributed by atoms with Crippen molar-refractivity contribution in [3.05, 3.63) is 28.5 Å². The van der Waals surface area contributed by atoms with E-state index in [1.165, 1.54) is 12.1 Å². The first kappa shape index (κ1) is 14.3. The number of halogens is 2. The highest BCUT2D eigenvalue weighted by Crippen LogP contribution is 2.24. The molecular weight excluding hydrogens is 313 g/mol. The van der Waals surface area contributed by atoms with Crippen LogP contribution in [0.1, 0.15) is 26.2 Å². The van der Waals surface area contributed by atoms with Crippen LogP contribution in [0.5, 0.6) is 5.75 Å². The summed E-state index contributed by atoms with van der Waals surface area (Å²) >= 11 is 3.17. The van der Waals surface area contributed by atoms with E-state index in [1.54, 1.807) is 6.07 Å². The van der Waals surface area contributed by atoms with E-state index in [2.05, 4.69) is 28.2 Å². The molecular formula is C14H17BrFNO2. The van der Waals surface area contributed by atoms with Crippen molar-refractivity contribution in [2.75, 3.05) is 6.61 Å². The minimum atomic E-state index is -0.475. The Balaban J connectivity index is 1.80. The van der Waals surface area contributed by atoms with Crippen molar-refractivity contribution in [2.24, 2.45) is 5.92 Å². The summed E-state index contributed by atoms with van der Waals surface area (Å²) < 4.78 is 19.3. The van der Waals surface area contributed by atoms with Gasteiger partial charge in [0.05, 0.1) is 0 Å². The fourth-order valence-electron chi connectivity index (χ4n) is 2.34. The molecule has 1 aliphatic rings. The molecule has 1 saturated carbocycles. The molecule has 0 aliphatic heterocycles. The van der Waals surface area contributed by atoms with Crippen LogP contribution in [0.3, 0.4) is 0 Å². The third-order valence-corrected chi connectivity index (χ3v) is 3.81. The van der Waals surface area contributed by atoms with E-state index in [4.69, 9.17) is 4.74 Å². The average molecular weight is 330 g/mol. The Bertz CT molecular complexity index is 467. The van der Waals surface area contributed by atoms with Crippen LogP contribution < -0.4 is 10.1 Å². The molecule has 2 atom stereocenters. The number of amides is 1. The minimum absolute atomic E-state index is 0.0955. The molecule has 104 valence electrons. The molecule has 3 nitrogen and oxygen atoms in total. The SMILES string of the molecule is CC1CCC(NC(=O)COc2ccc(Br)cc2F)C1. The van der Waals surface area contributed by atoms with Gasteiger partial charge in [-0.2, -0.15) is 0 Å². The van der Waals surface area contributed by atoms with Gasteiger partial charge in [0.2, 0.25) is 0 Å². The number of carbonyl (C=O) groups is 1. The van der Waals surface area contributed by atoms with Crippen molar-refractivity contribution in [2.45, 2.75) is 32.2 Å². The van der Waals surface area contributed by atoms with Gasteiger partial charge in [0.1, 0.15) is 0 Å². The number of nitrogens with one attached hydrogen (secondary N) is 1. The lowest BCUT2D eigenvalue weighted by atomic mass is 10.1. The van der Waals surface area contributed by atoms with Gasteiger partial charge in [-0.1, -0.05) is 22.9 Å². The molecule has 2 unspecified atom stereocenters. The van der Waals surface area contributed by atoms with Gasteiger partial charge in [-0.3, -0.25) is 4.79 Å². The van der Waals surface area contributed by atoms with E-state index in [0.29, 0.717) is 10.4 Å². The molecule has 0 saturated heterocycles. The molecule has 1 amide bonds. The van der Waals surface area contributed by atoms with Gasteiger partial charge in [-0.05, 0) is 43.4 Å². The van der Waals surface area contributed by atoms with Crippen LogP contribution in [0.4, 0.5) is 4.39 Å². The third-order valence-electron chi connectivity index (χ3n) is 3.31. The summed E-state index contributed by atoms with van der Waals surface area (Å²) in [6.45, 7) is 2.03. The van der Waals surface area contributed by atoms with Gasteiger partial charge in [0, 0.05) is 10.5 Å². The topological polar surface area (TPSA) is 38.3 Å². The molecule has 0 radical (unpaired) electrons. The van der Waals surface area contributed by atoms with E-state index in [0.717, 1.165) is 19.3 Å². The normalized spacial score (nSPS) is 22.3. The number of hydrogen-bond donors (Lipinski definition) is 1. The zero-order chi connectivity index (χ0) is 13.8. The molecule has 1 N–H and O–H groups in total. The van der Waals surface area contributed by atoms with Gasteiger partial charge >= 0.3 is 0 Å². The predicted octanol–water partition coefficient (Wildman–Crippen LogP) is 3.27. The number of benzene rings is 1. The lowest BCUT2D eigenvalue weighted by molar-refractivity contribution is -0.123. The quantitative estimate of drug-likeness (QED) is 0.920. The Morgan fingerprint density at radius 2 is 2.32 bits per heavy atom. The lowest BCUT2D eigenvalue weighted by Gasteiger charge is -2.13. The van der Waals surface area contributed by atoms with E-state index < -0.39 is 5.82 Å². The van der Waals surface area contributed by atoms with Gasteiger partial charge < -0.3 is 10.1 Å². The molecule has 19 heavy (non-hydrogen) atoms. The first-order valence-corrected chi connectivity index (χ1v) is 7.21. The second-order valence-electron chi connectivity index (χ2n) is 5.05. The third kappa shape index (κ3) is 4.20. The summed E-state index contributed by atoms with van der Waals surface area (Å²) in [5, 5.41) is 2.91. The van der Waals surface area contributed by atoms with Gasteiger partial charge in [0.25, 0.3) is 5.91 Å². The van der Waals surface area contributed by atoms with Crippen LogP contribution in [-0.4, -0.2) is 18.6 Å². The second-order valence-corrected chi connectivity index (χ2v) is 5.96. The highest BCUT2D eigenvalue weighted by Gasteiger charge is 2.22. The second kappa shape index (κ2) is 6.37. The number of ether oxygens (including phenoxy) is 1. The predicted molar refractivity (Wildman–Crippen MR) is 74.5 cm³/mol. The molecule has 1 aliphatic carbocycles. The van der Waals surface area contributed by atoms with E-state index >= 15 is 0 Å². The zero-order valence-electron chi connectivity index (χ0n) is 10.8. The van der Waals surface area contributed by atoms with Crippen molar-refractivity contribution >= 4 is 21.8 Å². The maximum atomic E-state index is 13.5. The fraction of sp³-hybridized carbons (Fsp3) is 0.500. The number of carbonyl (C=O) groups excluding carboxylic acids is 1. The van der Waals surface area contributed by atoms with E-state index in [9.17, 15) is 9.18 Å². The molecule has 1 aromatic carbocycles. The van der Waals surface area contributed by atoms with Crippen molar-refractivity contribution in [1.29, 1.82) is 0 Å². The van der Waals surface area contributed by atoms with Crippen molar-refractivity contribution < 1.29 is 13.9 Å². The van der Waals surface area contributed by atoms with Crippen LogP contribution in [-0.2, 0) is 4.79 Å². The summed E-state index contributed by atoms with van der Waals surface area (Å²) in [6, 6.07) is 4.73. The molecule has 2 rings (SSSR count). The maximum absolute atomic E-state index is 13.5. The molecule has 1 fully saturated rings. The Morgan fingerprint density at radius 1 is 1.53 bits per heavy atom. The van der Waals surface area contributed by atoms with Crippen molar-refractivity contribution in [3.8, 4) is 5.75 Å². The molecule has 0 spiro atoms. The fourth-order valence-corrected chi connectivity index (χ4v) is 2.68. The standard InChI is InChI=1S/C14H17BrFNO2/c1-9-2-4-11(6-9)17-14(18)8-19-13-5-3-10(15)7-12(13)16/h3,5,7,9,11H,2,4,6,8H2,1H3,(H,17,18). The zero-order valence-corrected chi connectivity index (χ0v) is 12.4. The molecule has 0 bridgehead atoms. The largest absolute Gasteiger partial charge is 0.481 e. The van der Waals surface area contributed by atoms with Gasteiger partial charge in [-0.25, -0.2) is 4.39 Å². The number of hydrogen-bond acceptors (Lipinski definition) is 2. The monoisotopic (exact) mass is 329 g/mol. The lowest BCUT2D eigenvalue weighted by Crippen LogP contribution is -2.36. The maximum Gasteiger partial charge on any atom is 0.258 e. The van der Waals surface area contributed by atoms with Crippen molar-refractivity contribution in [3.63, 3.8) is 0 Å². The Morgan fingerprint density at radius 3 is 2.95 bits per heavy atom. The van der Waals surface area contributed by atoms with Crippen LogP contribution in [0.15, 0.2) is 22.7 Å². The Hall–Kier alpha value is -1.10. The van der Waals surface area contributed by atoms with Crippen LogP contribution in [0.2, 0.25) is 0 Å². The summed E-state index contributed by atoms with van der Waals surface area (Å²) in [5.74, 6) is 0.0892. The number of rotatable bonds is 4. The Kier molecular flexibility index (Phi) is 4.80. The molecule has 1 aromatic rings. The van der Waals surface area contributed by atoms with Crippen LogP contribution >= 0.6 is 15.9 Å². The van der Waals surface area contributed by atoms with Crippen LogP contribution in [0, 0.1) is 11.7 Å². The summed E-state index contributed by atoms with van der Waals surface area (Å²) in [6.07, 6.45) is 3.17. The highest BCUT2D eigenvalue weighted by atomic mass is 79.9. The minimum Gasteiger partial charge on any atom is -0.481 e. The average Bonchev–Trinajstić information content (AvgIpc) is 2.73. The molecule has 0 aromatic heterocycles. The summed E-state index contributed by atoms with van der Waals surface area (Å²) in [5.41, 5.74) is 0.